The number of hydrogen-bond acceptors (Lipinski definition) is 2. The summed E-state index contributed by atoms with van der Waals surface area (Å²) < 4.78 is 0. The Morgan fingerprint density at radius 1 is 1.21 bits per heavy atom. The number of para-hydroxylation sites is 1. The van der Waals surface area contributed by atoms with Gasteiger partial charge >= 0.3 is 0 Å². The Morgan fingerprint density at radius 2 is 2.07 bits per heavy atom. The van der Waals surface area contributed by atoms with Crippen molar-refractivity contribution >= 4 is 22.7 Å². The fraction of sp³-hybridized carbons (Fsp3) is 0.0833. The van der Waals surface area contributed by atoms with Gasteiger partial charge < -0.3 is 5.73 Å². The molecule has 3 rings (SSSR count). The van der Waals surface area contributed by atoms with Crippen molar-refractivity contribution in [3.05, 3.63) is 41.6 Å². The Morgan fingerprint density at radius 3 is 3.00 bits per heavy atom. The molecule has 1 aliphatic carbocycles. The third-order valence-corrected chi connectivity index (χ3v) is 2.67. The van der Waals surface area contributed by atoms with Crippen LogP contribution in [0.3, 0.4) is 0 Å². The van der Waals surface area contributed by atoms with Crippen LogP contribution in [0.25, 0.3) is 17.0 Å². The van der Waals surface area contributed by atoms with Crippen molar-refractivity contribution in [2.45, 2.75) is 6.42 Å². The van der Waals surface area contributed by atoms with Gasteiger partial charge in [-0.15, -0.1) is 0 Å². The molecule has 0 spiro atoms. The number of allylic oxidation sites excluding steroid dienone is 1. The van der Waals surface area contributed by atoms with Crippen molar-refractivity contribution in [2.24, 2.45) is 0 Å². The Kier molecular flexibility index (Phi) is 1.39. The molecule has 1 aromatic heterocycles. The fourth-order valence-corrected chi connectivity index (χ4v) is 1.94. The average molecular weight is 182 g/mol. The molecule has 0 bridgehead atoms. The van der Waals surface area contributed by atoms with Gasteiger partial charge in [0.25, 0.3) is 0 Å². The molecule has 68 valence electrons. The predicted octanol–water partition coefficient (Wildman–Crippen LogP) is 2.39. The number of fused-ring (bicyclic) bond motifs is 2. The van der Waals surface area contributed by atoms with E-state index in [1.165, 1.54) is 5.56 Å². The van der Waals surface area contributed by atoms with E-state index in [9.17, 15) is 0 Å². The second-order valence-corrected chi connectivity index (χ2v) is 3.51. The van der Waals surface area contributed by atoms with E-state index >= 15 is 0 Å². The first-order chi connectivity index (χ1) is 6.86. The van der Waals surface area contributed by atoms with Gasteiger partial charge in [-0.25, -0.2) is 4.98 Å². The minimum Gasteiger partial charge on any atom is -0.398 e. The van der Waals surface area contributed by atoms with Gasteiger partial charge in [0, 0.05) is 16.6 Å². The zero-order valence-corrected chi connectivity index (χ0v) is 7.70. The third kappa shape index (κ3) is 0.880. The van der Waals surface area contributed by atoms with E-state index < -0.39 is 0 Å². The number of nitrogens with two attached hydrogens (primary N) is 1. The summed E-state index contributed by atoms with van der Waals surface area (Å²) in [5.41, 5.74) is 10.2. The van der Waals surface area contributed by atoms with Gasteiger partial charge in [-0.05, 0) is 18.6 Å². The predicted molar refractivity (Wildman–Crippen MR) is 58.9 cm³/mol. The summed E-state index contributed by atoms with van der Waals surface area (Å²) in [5.74, 6) is 0. The first-order valence-corrected chi connectivity index (χ1v) is 4.70. The molecule has 0 amide bonds. The van der Waals surface area contributed by atoms with Crippen molar-refractivity contribution in [3.63, 3.8) is 0 Å². The molecule has 0 fully saturated rings. The molecule has 0 saturated carbocycles. The summed E-state index contributed by atoms with van der Waals surface area (Å²) in [6.45, 7) is 0. The van der Waals surface area contributed by atoms with Crippen molar-refractivity contribution in [1.29, 1.82) is 0 Å². The molecular formula is C12H10N2. The van der Waals surface area contributed by atoms with Crippen LogP contribution in [0.2, 0.25) is 0 Å². The van der Waals surface area contributed by atoms with E-state index in [1.54, 1.807) is 0 Å². The van der Waals surface area contributed by atoms with Gasteiger partial charge in [0.1, 0.15) is 0 Å². The molecule has 1 aromatic carbocycles. The molecule has 1 aliphatic rings. The van der Waals surface area contributed by atoms with Crippen LogP contribution < -0.4 is 5.73 Å². The Balaban J connectivity index is 2.47. The van der Waals surface area contributed by atoms with Crippen LogP contribution in [0.1, 0.15) is 11.3 Å². The molecule has 0 saturated heterocycles. The zero-order chi connectivity index (χ0) is 9.54. The Labute approximate surface area is 82.1 Å². The highest BCUT2D eigenvalue weighted by Gasteiger charge is 2.12. The monoisotopic (exact) mass is 182 g/mol. The second kappa shape index (κ2) is 2.58. The number of rotatable bonds is 0. The largest absolute Gasteiger partial charge is 0.398 e. The first-order valence-electron chi connectivity index (χ1n) is 4.70. The van der Waals surface area contributed by atoms with Gasteiger partial charge in [0.05, 0.1) is 11.2 Å². The van der Waals surface area contributed by atoms with Crippen molar-refractivity contribution in [3.8, 4) is 0 Å². The standard InChI is InChI=1S/C12H10N2/c13-12-8-4-1-2-6-10(8)14-11-7-3-5-9(11)12/h1-4,6-7H,5H2,(H2,13,14). The Hall–Kier alpha value is -1.83. The van der Waals surface area contributed by atoms with E-state index in [1.807, 2.05) is 30.3 Å². The van der Waals surface area contributed by atoms with Gasteiger partial charge in [-0.2, -0.15) is 0 Å². The van der Waals surface area contributed by atoms with Gasteiger partial charge in [-0.1, -0.05) is 24.3 Å². The van der Waals surface area contributed by atoms with E-state index in [2.05, 4.69) is 11.1 Å². The number of benzene rings is 1. The first kappa shape index (κ1) is 7.56. The molecule has 0 atom stereocenters. The van der Waals surface area contributed by atoms with Crippen LogP contribution in [0.4, 0.5) is 5.69 Å². The van der Waals surface area contributed by atoms with Gasteiger partial charge in [-0.3, -0.25) is 0 Å². The van der Waals surface area contributed by atoms with Crippen LogP contribution in [-0.2, 0) is 6.42 Å². The highest BCUT2D eigenvalue weighted by Crippen LogP contribution is 2.29. The fourth-order valence-electron chi connectivity index (χ4n) is 1.94. The number of anilines is 1. The minimum atomic E-state index is 0.885. The number of nitrogens with zero attached hydrogens (tertiary/aromatic N) is 1. The summed E-state index contributed by atoms with van der Waals surface area (Å²) in [6.07, 6.45) is 5.06. The van der Waals surface area contributed by atoms with E-state index in [0.717, 1.165) is 28.7 Å². The summed E-state index contributed by atoms with van der Waals surface area (Å²) >= 11 is 0. The lowest BCUT2D eigenvalue weighted by Crippen LogP contribution is -1.97. The molecule has 2 aromatic rings. The SMILES string of the molecule is Nc1c2c(nc3ccccc13)C=CC2. The maximum absolute atomic E-state index is 6.09. The number of nitrogen functional groups attached to an aromatic ring is 1. The maximum atomic E-state index is 6.09. The molecule has 14 heavy (non-hydrogen) atoms. The zero-order valence-electron chi connectivity index (χ0n) is 7.70. The van der Waals surface area contributed by atoms with Crippen LogP contribution in [0.5, 0.6) is 0 Å². The lowest BCUT2D eigenvalue weighted by atomic mass is 10.1. The lowest BCUT2D eigenvalue weighted by molar-refractivity contribution is 1.26. The number of hydrogen-bond donors (Lipinski definition) is 1. The van der Waals surface area contributed by atoms with Crippen LogP contribution in [-0.4, -0.2) is 4.98 Å². The second-order valence-electron chi connectivity index (χ2n) is 3.51. The highest BCUT2D eigenvalue weighted by atomic mass is 14.7. The molecule has 2 nitrogen and oxygen atoms in total. The van der Waals surface area contributed by atoms with E-state index in [4.69, 9.17) is 5.73 Å². The summed E-state index contributed by atoms with van der Waals surface area (Å²) in [4.78, 5) is 4.55. The summed E-state index contributed by atoms with van der Waals surface area (Å²) in [5, 5.41) is 1.06. The molecule has 1 heterocycles. The lowest BCUT2D eigenvalue weighted by Gasteiger charge is -2.07. The van der Waals surface area contributed by atoms with Crippen LogP contribution >= 0.6 is 0 Å². The summed E-state index contributed by atoms with van der Waals surface area (Å²) in [7, 11) is 0. The Bertz CT molecular complexity index is 541. The average Bonchev–Trinajstić information content (AvgIpc) is 2.66. The van der Waals surface area contributed by atoms with Crippen LogP contribution in [0, 0.1) is 0 Å². The van der Waals surface area contributed by atoms with Gasteiger partial charge in [0.15, 0.2) is 0 Å². The molecule has 0 aliphatic heterocycles. The number of pyridine rings is 1. The smallest absolute Gasteiger partial charge is 0.0730 e. The highest BCUT2D eigenvalue weighted by molar-refractivity contribution is 5.94. The normalized spacial score (nSPS) is 13.4. The molecule has 2 heteroatoms. The van der Waals surface area contributed by atoms with E-state index in [-0.39, 0.29) is 0 Å². The topological polar surface area (TPSA) is 38.9 Å². The summed E-state index contributed by atoms with van der Waals surface area (Å²) in [6, 6.07) is 8.00. The maximum Gasteiger partial charge on any atom is 0.0730 e. The molecule has 0 unspecified atom stereocenters. The van der Waals surface area contributed by atoms with Crippen molar-refractivity contribution in [1.82, 2.24) is 4.98 Å². The minimum absolute atomic E-state index is 0.885. The van der Waals surface area contributed by atoms with Crippen LogP contribution in [0.15, 0.2) is 30.3 Å². The van der Waals surface area contributed by atoms with E-state index in [0.29, 0.717) is 0 Å². The molecule has 2 N–H and O–H groups in total. The quantitative estimate of drug-likeness (QED) is 0.679. The van der Waals surface area contributed by atoms with Crippen molar-refractivity contribution in [2.75, 3.05) is 5.73 Å². The molecular weight excluding hydrogens is 172 g/mol. The third-order valence-electron chi connectivity index (χ3n) is 2.67. The molecule has 0 radical (unpaired) electrons. The number of aromatic nitrogens is 1. The van der Waals surface area contributed by atoms with Gasteiger partial charge in [0.2, 0.25) is 0 Å². The van der Waals surface area contributed by atoms with Crippen molar-refractivity contribution < 1.29 is 0 Å².